The summed E-state index contributed by atoms with van der Waals surface area (Å²) in [5.74, 6) is 0.388. The summed E-state index contributed by atoms with van der Waals surface area (Å²) < 4.78 is 0.936. The average molecular weight is 346 g/mol. The SMILES string of the molecule is CC(C)Cc1nnc(NC(=O)c2csc(Br)c2)s1. The van der Waals surface area contributed by atoms with Crippen LogP contribution < -0.4 is 5.32 Å². The average Bonchev–Trinajstić information content (AvgIpc) is 2.87. The molecule has 4 nitrogen and oxygen atoms in total. The predicted molar refractivity (Wildman–Crippen MR) is 78.4 cm³/mol. The monoisotopic (exact) mass is 345 g/mol. The first-order valence-corrected chi connectivity index (χ1v) is 7.91. The van der Waals surface area contributed by atoms with E-state index in [0.717, 1.165) is 15.2 Å². The topological polar surface area (TPSA) is 54.9 Å². The molecule has 0 atom stereocenters. The third-order valence-corrected chi connectivity index (χ3v) is 4.47. The van der Waals surface area contributed by atoms with E-state index >= 15 is 0 Å². The van der Waals surface area contributed by atoms with Crippen LogP contribution >= 0.6 is 38.6 Å². The van der Waals surface area contributed by atoms with Crippen LogP contribution in [0.15, 0.2) is 15.2 Å². The molecule has 2 aromatic heterocycles. The third-order valence-electron chi connectivity index (χ3n) is 2.10. The molecule has 1 N–H and O–H groups in total. The number of hydrogen-bond acceptors (Lipinski definition) is 5. The zero-order valence-corrected chi connectivity index (χ0v) is 13.2. The first-order valence-electron chi connectivity index (χ1n) is 5.42. The fourth-order valence-corrected chi connectivity index (χ4v) is 3.42. The molecule has 0 saturated carbocycles. The number of anilines is 1. The van der Waals surface area contributed by atoms with Crippen molar-refractivity contribution in [2.24, 2.45) is 5.92 Å². The van der Waals surface area contributed by atoms with Crippen LogP contribution in [-0.4, -0.2) is 16.1 Å². The van der Waals surface area contributed by atoms with Crippen molar-refractivity contribution < 1.29 is 4.79 Å². The van der Waals surface area contributed by atoms with Gasteiger partial charge in [0.1, 0.15) is 5.01 Å². The van der Waals surface area contributed by atoms with E-state index in [1.165, 1.54) is 22.7 Å². The summed E-state index contributed by atoms with van der Waals surface area (Å²) in [4.78, 5) is 11.9. The Hall–Kier alpha value is -0.790. The molecule has 2 rings (SSSR count). The molecule has 0 aliphatic heterocycles. The minimum absolute atomic E-state index is 0.149. The number of amides is 1. The smallest absolute Gasteiger partial charge is 0.258 e. The number of nitrogens with zero attached hydrogens (tertiary/aromatic N) is 2. The summed E-state index contributed by atoms with van der Waals surface area (Å²) in [5.41, 5.74) is 0.632. The molecule has 0 bridgehead atoms. The highest BCUT2D eigenvalue weighted by Gasteiger charge is 2.12. The first-order chi connectivity index (χ1) is 8.54. The molecule has 0 saturated heterocycles. The second-order valence-corrected chi connectivity index (χ2v) is 7.55. The van der Waals surface area contributed by atoms with Crippen molar-refractivity contribution in [1.82, 2.24) is 10.2 Å². The summed E-state index contributed by atoms with van der Waals surface area (Å²) >= 11 is 6.24. The van der Waals surface area contributed by atoms with E-state index in [2.05, 4.69) is 45.3 Å². The molecule has 0 spiro atoms. The summed E-state index contributed by atoms with van der Waals surface area (Å²) in [6.45, 7) is 4.26. The molecule has 0 aliphatic carbocycles. The highest BCUT2D eigenvalue weighted by atomic mass is 79.9. The van der Waals surface area contributed by atoms with Crippen LogP contribution in [0.4, 0.5) is 5.13 Å². The van der Waals surface area contributed by atoms with Crippen molar-refractivity contribution in [2.75, 3.05) is 5.32 Å². The molecule has 0 fully saturated rings. The molecule has 96 valence electrons. The van der Waals surface area contributed by atoms with Crippen LogP contribution in [0.5, 0.6) is 0 Å². The maximum Gasteiger partial charge on any atom is 0.258 e. The van der Waals surface area contributed by atoms with E-state index in [1.54, 1.807) is 11.4 Å². The zero-order chi connectivity index (χ0) is 13.1. The highest BCUT2D eigenvalue weighted by Crippen LogP contribution is 2.23. The molecule has 18 heavy (non-hydrogen) atoms. The molecule has 2 aromatic rings. The number of thiophene rings is 1. The predicted octanol–water partition coefficient (Wildman–Crippen LogP) is 3.81. The molecule has 7 heteroatoms. The first kappa shape index (κ1) is 13.6. The fourth-order valence-electron chi connectivity index (χ4n) is 1.33. The number of carbonyl (C=O) groups excluding carboxylic acids is 1. The van der Waals surface area contributed by atoms with Gasteiger partial charge in [-0.15, -0.1) is 21.5 Å². The maximum atomic E-state index is 11.9. The van der Waals surface area contributed by atoms with Crippen molar-refractivity contribution in [3.63, 3.8) is 0 Å². The summed E-state index contributed by atoms with van der Waals surface area (Å²) in [6, 6.07) is 1.79. The highest BCUT2D eigenvalue weighted by molar-refractivity contribution is 9.11. The van der Waals surface area contributed by atoms with Crippen LogP contribution in [0.25, 0.3) is 0 Å². The number of carbonyl (C=O) groups is 1. The Labute approximate surface area is 122 Å². The lowest BCUT2D eigenvalue weighted by Gasteiger charge is -1.98. The Bertz CT molecular complexity index is 550. The molecular formula is C11H12BrN3OS2. The van der Waals surface area contributed by atoms with E-state index in [1.807, 2.05) is 0 Å². The third kappa shape index (κ3) is 3.60. The largest absolute Gasteiger partial charge is 0.296 e. The fraction of sp³-hybridized carbons (Fsp3) is 0.364. The van der Waals surface area contributed by atoms with Crippen molar-refractivity contribution in [2.45, 2.75) is 20.3 Å². The van der Waals surface area contributed by atoms with Gasteiger partial charge in [-0.2, -0.15) is 0 Å². The van der Waals surface area contributed by atoms with Gasteiger partial charge < -0.3 is 0 Å². The van der Waals surface area contributed by atoms with Gasteiger partial charge in [-0.05, 0) is 27.9 Å². The van der Waals surface area contributed by atoms with E-state index < -0.39 is 0 Å². The Balaban J connectivity index is 2.01. The lowest BCUT2D eigenvalue weighted by molar-refractivity contribution is 0.102. The quantitative estimate of drug-likeness (QED) is 0.916. The number of rotatable bonds is 4. The molecule has 0 aliphatic rings. The lowest BCUT2D eigenvalue weighted by atomic mass is 10.1. The number of nitrogens with one attached hydrogen (secondary N) is 1. The van der Waals surface area contributed by atoms with Crippen LogP contribution in [0.2, 0.25) is 0 Å². The van der Waals surface area contributed by atoms with Crippen molar-refractivity contribution in [3.8, 4) is 0 Å². The number of hydrogen-bond donors (Lipinski definition) is 1. The molecule has 0 radical (unpaired) electrons. The van der Waals surface area contributed by atoms with E-state index in [9.17, 15) is 4.79 Å². The van der Waals surface area contributed by atoms with Gasteiger partial charge in [0.25, 0.3) is 5.91 Å². The van der Waals surface area contributed by atoms with Gasteiger partial charge in [-0.1, -0.05) is 25.2 Å². The number of halogens is 1. The molecule has 0 unspecified atom stereocenters. The maximum absolute atomic E-state index is 11.9. The van der Waals surface area contributed by atoms with Gasteiger partial charge in [0.15, 0.2) is 0 Å². The van der Waals surface area contributed by atoms with Crippen molar-refractivity contribution >= 4 is 49.6 Å². The van der Waals surface area contributed by atoms with E-state index in [0.29, 0.717) is 16.6 Å². The summed E-state index contributed by atoms with van der Waals surface area (Å²) in [6.07, 6.45) is 0.886. The van der Waals surface area contributed by atoms with Crippen molar-refractivity contribution in [3.05, 3.63) is 25.8 Å². The van der Waals surface area contributed by atoms with E-state index in [4.69, 9.17) is 0 Å². The summed E-state index contributed by atoms with van der Waals surface area (Å²) in [7, 11) is 0. The van der Waals surface area contributed by atoms with Crippen LogP contribution in [0.3, 0.4) is 0 Å². The second kappa shape index (κ2) is 5.90. The lowest BCUT2D eigenvalue weighted by Crippen LogP contribution is -2.10. The van der Waals surface area contributed by atoms with Gasteiger partial charge >= 0.3 is 0 Å². The Morgan fingerprint density at radius 3 is 2.89 bits per heavy atom. The van der Waals surface area contributed by atoms with Crippen LogP contribution in [0.1, 0.15) is 29.2 Å². The Morgan fingerprint density at radius 1 is 1.50 bits per heavy atom. The number of aromatic nitrogens is 2. The standard InChI is InChI=1S/C11H12BrN3OS2/c1-6(2)3-9-14-15-11(18-9)13-10(16)7-4-8(12)17-5-7/h4-6H,3H2,1-2H3,(H,13,15,16). The van der Waals surface area contributed by atoms with Gasteiger partial charge in [0.2, 0.25) is 5.13 Å². The van der Waals surface area contributed by atoms with Gasteiger partial charge in [-0.25, -0.2) is 0 Å². The normalized spacial score (nSPS) is 10.9. The van der Waals surface area contributed by atoms with Gasteiger partial charge in [0.05, 0.1) is 9.35 Å². The molecule has 2 heterocycles. The van der Waals surface area contributed by atoms with Crippen LogP contribution in [0, 0.1) is 5.92 Å². The zero-order valence-electron chi connectivity index (χ0n) is 9.94. The minimum Gasteiger partial charge on any atom is -0.296 e. The summed E-state index contributed by atoms with van der Waals surface area (Å²) in [5, 5.41) is 14.1. The minimum atomic E-state index is -0.149. The Morgan fingerprint density at radius 2 is 2.28 bits per heavy atom. The van der Waals surface area contributed by atoms with E-state index in [-0.39, 0.29) is 5.91 Å². The van der Waals surface area contributed by atoms with Crippen LogP contribution in [-0.2, 0) is 6.42 Å². The second-order valence-electron chi connectivity index (χ2n) is 4.19. The van der Waals surface area contributed by atoms with Crippen molar-refractivity contribution in [1.29, 1.82) is 0 Å². The Kier molecular flexibility index (Phi) is 4.47. The molecular weight excluding hydrogens is 334 g/mol. The molecule has 0 aromatic carbocycles. The van der Waals surface area contributed by atoms with Gasteiger partial charge in [-0.3, -0.25) is 10.1 Å². The molecule has 1 amide bonds. The van der Waals surface area contributed by atoms with Gasteiger partial charge in [0, 0.05) is 11.8 Å².